The molecule has 0 aliphatic heterocycles. The molecule has 0 amide bonds. The van der Waals surface area contributed by atoms with Gasteiger partial charge in [-0.2, -0.15) is 0 Å². The summed E-state index contributed by atoms with van der Waals surface area (Å²) < 4.78 is 6.51. The Bertz CT molecular complexity index is 619. The highest BCUT2D eigenvalue weighted by Gasteiger charge is 2.08. The van der Waals surface area contributed by atoms with Crippen LogP contribution in [0, 0.1) is 5.41 Å². The van der Waals surface area contributed by atoms with Crippen molar-refractivity contribution in [3.05, 3.63) is 57.3 Å². The molecule has 0 bridgehead atoms. The lowest BCUT2D eigenvalue weighted by Gasteiger charge is -2.10. The highest BCUT2D eigenvalue weighted by molar-refractivity contribution is 9.10. The zero-order valence-corrected chi connectivity index (χ0v) is 12.2. The number of nitrogens with zero attached hydrogens (tertiary/aromatic N) is 1. The lowest BCUT2D eigenvalue weighted by atomic mass is 10.2. The molecule has 0 radical (unpaired) electrons. The molecule has 2 aromatic rings. The van der Waals surface area contributed by atoms with Gasteiger partial charge in [0.2, 0.25) is 0 Å². The number of amidine groups is 1. The molecule has 98 valence electrons. The fourth-order valence-corrected chi connectivity index (χ4v) is 2.27. The van der Waals surface area contributed by atoms with Gasteiger partial charge in [0.1, 0.15) is 23.9 Å². The number of aromatic nitrogens is 1. The second kappa shape index (κ2) is 6.04. The first-order chi connectivity index (χ1) is 9.08. The zero-order valence-electron chi connectivity index (χ0n) is 9.86. The van der Waals surface area contributed by atoms with Gasteiger partial charge in [-0.25, -0.2) is 0 Å². The summed E-state index contributed by atoms with van der Waals surface area (Å²) in [6.07, 6.45) is 1.59. The van der Waals surface area contributed by atoms with E-state index in [0.717, 1.165) is 10.0 Å². The van der Waals surface area contributed by atoms with E-state index in [-0.39, 0.29) is 12.4 Å². The summed E-state index contributed by atoms with van der Waals surface area (Å²) in [7, 11) is 0. The molecular weight excluding hydrogens is 330 g/mol. The van der Waals surface area contributed by atoms with Gasteiger partial charge >= 0.3 is 0 Å². The second-order valence-corrected chi connectivity index (χ2v) is 5.11. The average molecular weight is 341 g/mol. The summed E-state index contributed by atoms with van der Waals surface area (Å²) in [6, 6.07) is 8.96. The van der Waals surface area contributed by atoms with Crippen molar-refractivity contribution in [2.45, 2.75) is 6.61 Å². The molecule has 4 nitrogen and oxygen atoms in total. The molecule has 3 N–H and O–H groups in total. The van der Waals surface area contributed by atoms with Crippen molar-refractivity contribution in [1.82, 2.24) is 4.98 Å². The number of nitrogens with one attached hydrogen (secondary N) is 1. The average Bonchev–Trinajstić information content (AvgIpc) is 2.38. The normalized spacial score (nSPS) is 10.2. The Balaban J connectivity index is 2.17. The number of nitrogens with two attached hydrogens (primary N) is 1. The standard InChI is InChI=1S/C13H11BrClN3O/c14-9-3-4-11(10(15)6-9)19-7-8-2-1-5-18-12(8)13(16)17/h1-6H,7H2,(H3,16,17). The van der Waals surface area contributed by atoms with Crippen LogP contribution < -0.4 is 10.5 Å². The molecule has 1 aromatic carbocycles. The molecule has 0 spiro atoms. The third kappa shape index (κ3) is 3.45. The molecular formula is C13H11BrClN3O. The van der Waals surface area contributed by atoms with E-state index in [1.807, 2.05) is 12.1 Å². The van der Waals surface area contributed by atoms with E-state index < -0.39 is 0 Å². The molecule has 1 aromatic heterocycles. The Kier molecular flexibility index (Phi) is 4.39. The smallest absolute Gasteiger partial charge is 0.142 e. The Morgan fingerprint density at radius 3 is 2.89 bits per heavy atom. The van der Waals surface area contributed by atoms with Gasteiger partial charge < -0.3 is 10.5 Å². The van der Waals surface area contributed by atoms with E-state index in [1.165, 1.54) is 0 Å². The van der Waals surface area contributed by atoms with Crippen LogP contribution >= 0.6 is 27.5 Å². The highest BCUT2D eigenvalue weighted by Crippen LogP contribution is 2.28. The van der Waals surface area contributed by atoms with Gasteiger partial charge in [-0.05, 0) is 24.3 Å². The van der Waals surface area contributed by atoms with Crippen molar-refractivity contribution < 1.29 is 4.74 Å². The molecule has 1 heterocycles. The summed E-state index contributed by atoms with van der Waals surface area (Å²) in [4.78, 5) is 4.06. The van der Waals surface area contributed by atoms with Crippen LogP contribution in [0.2, 0.25) is 5.02 Å². The van der Waals surface area contributed by atoms with Gasteiger partial charge in [0, 0.05) is 16.2 Å². The Hall–Kier alpha value is -1.59. The summed E-state index contributed by atoms with van der Waals surface area (Å²) >= 11 is 9.39. The number of hydrogen-bond donors (Lipinski definition) is 2. The molecule has 0 saturated carbocycles. The topological polar surface area (TPSA) is 72.0 Å². The van der Waals surface area contributed by atoms with E-state index in [2.05, 4.69) is 20.9 Å². The van der Waals surface area contributed by atoms with Crippen LogP contribution in [-0.4, -0.2) is 10.8 Å². The summed E-state index contributed by atoms with van der Waals surface area (Å²) in [5.74, 6) is 0.490. The van der Waals surface area contributed by atoms with Crippen LogP contribution in [0.1, 0.15) is 11.3 Å². The maximum absolute atomic E-state index is 7.46. The Labute approximate surface area is 124 Å². The molecule has 0 atom stereocenters. The number of hydrogen-bond acceptors (Lipinski definition) is 3. The van der Waals surface area contributed by atoms with E-state index in [1.54, 1.807) is 24.4 Å². The molecule has 2 rings (SSSR count). The quantitative estimate of drug-likeness (QED) is 0.662. The summed E-state index contributed by atoms with van der Waals surface area (Å²) in [5.41, 5.74) is 6.64. The fourth-order valence-electron chi connectivity index (χ4n) is 1.55. The van der Waals surface area contributed by atoms with Crippen molar-refractivity contribution in [1.29, 1.82) is 5.41 Å². The van der Waals surface area contributed by atoms with E-state index >= 15 is 0 Å². The van der Waals surface area contributed by atoms with Crippen molar-refractivity contribution in [2.75, 3.05) is 0 Å². The van der Waals surface area contributed by atoms with Gasteiger partial charge in [-0.15, -0.1) is 0 Å². The van der Waals surface area contributed by atoms with Gasteiger partial charge in [-0.1, -0.05) is 33.6 Å². The zero-order chi connectivity index (χ0) is 13.8. The number of nitrogen functional groups attached to an aromatic ring is 1. The van der Waals surface area contributed by atoms with E-state index in [0.29, 0.717) is 16.5 Å². The van der Waals surface area contributed by atoms with Crippen LogP contribution in [0.5, 0.6) is 5.75 Å². The van der Waals surface area contributed by atoms with Crippen LogP contribution in [0.15, 0.2) is 41.0 Å². The fraction of sp³-hybridized carbons (Fsp3) is 0.0769. The van der Waals surface area contributed by atoms with Crippen molar-refractivity contribution >= 4 is 33.4 Å². The molecule has 19 heavy (non-hydrogen) atoms. The Morgan fingerprint density at radius 1 is 1.42 bits per heavy atom. The first-order valence-corrected chi connectivity index (χ1v) is 6.61. The summed E-state index contributed by atoms with van der Waals surface area (Å²) in [5, 5.41) is 7.97. The van der Waals surface area contributed by atoms with Crippen LogP contribution in [0.4, 0.5) is 0 Å². The maximum atomic E-state index is 7.46. The molecule has 0 unspecified atom stereocenters. The van der Waals surface area contributed by atoms with Gasteiger partial charge in [0.25, 0.3) is 0 Å². The first-order valence-electron chi connectivity index (χ1n) is 5.44. The lowest BCUT2D eigenvalue weighted by Crippen LogP contribution is -2.16. The Morgan fingerprint density at radius 2 is 2.21 bits per heavy atom. The SMILES string of the molecule is N=C(N)c1ncccc1COc1ccc(Br)cc1Cl. The number of rotatable bonds is 4. The number of ether oxygens (including phenoxy) is 1. The van der Waals surface area contributed by atoms with Gasteiger partial charge in [0.05, 0.1) is 5.02 Å². The molecule has 0 aliphatic carbocycles. The second-order valence-electron chi connectivity index (χ2n) is 3.79. The van der Waals surface area contributed by atoms with Crippen molar-refractivity contribution in [3.63, 3.8) is 0 Å². The molecule has 6 heteroatoms. The third-order valence-electron chi connectivity index (χ3n) is 2.42. The van der Waals surface area contributed by atoms with Gasteiger partial charge in [-0.3, -0.25) is 10.4 Å². The number of halogens is 2. The predicted octanol–water partition coefficient (Wildman–Crippen LogP) is 3.36. The van der Waals surface area contributed by atoms with Crippen molar-refractivity contribution in [3.8, 4) is 5.75 Å². The van der Waals surface area contributed by atoms with Gasteiger partial charge in [0.15, 0.2) is 0 Å². The minimum atomic E-state index is -0.0823. The molecule has 0 fully saturated rings. The number of benzene rings is 1. The van der Waals surface area contributed by atoms with E-state index in [4.69, 9.17) is 27.5 Å². The van der Waals surface area contributed by atoms with Crippen LogP contribution in [-0.2, 0) is 6.61 Å². The predicted molar refractivity (Wildman–Crippen MR) is 78.7 cm³/mol. The lowest BCUT2D eigenvalue weighted by molar-refractivity contribution is 0.305. The minimum absolute atomic E-state index is 0.0823. The van der Waals surface area contributed by atoms with Crippen molar-refractivity contribution in [2.24, 2.45) is 5.73 Å². The molecule has 0 saturated heterocycles. The minimum Gasteiger partial charge on any atom is -0.487 e. The van der Waals surface area contributed by atoms with Crippen LogP contribution in [0.25, 0.3) is 0 Å². The largest absolute Gasteiger partial charge is 0.487 e. The highest BCUT2D eigenvalue weighted by atomic mass is 79.9. The monoisotopic (exact) mass is 339 g/mol. The third-order valence-corrected chi connectivity index (χ3v) is 3.21. The maximum Gasteiger partial charge on any atom is 0.142 e. The summed E-state index contributed by atoms with van der Waals surface area (Å²) in [6.45, 7) is 0.254. The molecule has 0 aliphatic rings. The number of pyridine rings is 1. The van der Waals surface area contributed by atoms with E-state index in [9.17, 15) is 0 Å². The van der Waals surface area contributed by atoms with Crippen LogP contribution in [0.3, 0.4) is 0 Å². The first kappa shape index (κ1) is 13.8.